The Morgan fingerprint density at radius 1 is 0.900 bits per heavy atom. The van der Waals surface area contributed by atoms with Gasteiger partial charge >= 0.3 is 0 Å². The van der Waals surface area contributed by atoms with Gasteiger partial charge in [-0.1, -0.05) is 41.4 Å². The SMILES string of the molecule is COc1cccc(OCCCCn2c(-c3ccc(Cl)cc3Cl)nc3ccccc32)c1. The van der Waals surface area contributed by atoms with E-state index >= 15 is 0 Å². The number of rotatable bonds is 8. The first-order valence-electron chi connectivity index (χ1n) is 9.83. The number of halogens is 2. The van der Waals surface area contributed by atoms with E-state index in [2.05, 4.69) is 10.6 Å². The van der Waals surface area contributed by atoms with Crippen LogP contribution in [-0.2, 0) is 6.54 Å². The van der Waals surface area contributed by atoms with Gasteiger partial charge in [-0.2, -0.15) is 0 Å². The molecular formula is C24H22Cl2N2O2. The molecule has 154 valence electrons. The monoisotopic (exact) mass is 440 g/mol. The maximum absolute atomic E-state index is 6.47. The summed E-state index contributed by atoms with van der Waals surface area (Å²) in [5.41, 5.74) is 2.92. The molecule has 30 heavy (non-hydrogen) atoms. The molecule has 0 aliphatic carbocycles. The zero-order valence-corrected chi connectivity index (χ0v) is 18.2. The molecule has 0 spiro atoms. The summed E-state index contributed by atoms with van der Waals surface area (Å²) in [4.78, 5) is 4.83. The molecule has 3 aromatic carbocycles. The molecule has 1 aromatic heterocycles. The van der Waals surface area contributed by atoms with Crippen LogP contribution < -0.4 is 9.47 Å². The van der Waals surface area contributed by atoms with Gasteiger partial charge in [-0.3, -0.25) is 0 Å². The predicted molar refractivity (Wildman–Crippen MR) is 123 cm³/mol. The third-order valence-electron chi connectivity index (χ3n) is 4.91. The molecule has 0 radical (unpaired) electrons. The highest BCUT2D eigenvalue weighted by atomic mass is 35.5. The van der Waals surface area contributed by atoms with Crippen LogP contribution in [0.3, 0.4) is 0 Å². The highest BCUT2D eigenvalue weighted by molar-refractivity contribution is 6.36. The van der Waals surface area contributed by atoms with Crippen molar-refractivity contribution in [2.24, 2.45) is 0 Å². The van der Waals surface area contributed by atoms with Gasteiger partial charge in [0.05, 0.1) is 29.8 Å². The normalized spacial score (nSPS) is 11.0. The summed E-state index contributed by atoms with van der Waals surface area (Å²) < 4.78 is 13.3. The van der Waals surface area contributed by atoms with Gasteiger partial charge in [-0.25, -0.2) is 4.98 Å². The quantitative estimate of drug-likeness (QED) is 0.280. The Kier molecular flexibility index (Phi) is 6.46. The number of benzene rings is 3. The van der Waals surface area contributed by atoms with Crippen molar-refractivity contribution in [2.45, 2.75) is 19.4 Å². The second-order valence-corrected chi connectivity index (χ2v) is 7.78. The van der Waals surface area contributed by atoms with Gasteiger partial charge in [0.15, 0.2) is 0 Å². The van der Waals surface area contributed by atoms with Crippen LogP contribution in [0.1, 0.15) is 12.8 Å². The predicted octanol–water partition coefficient (Wildman–Crippen LogP) is 6.88. The van der Waals surface area contributed by atoms with Crippen molar-refractivity contribution < 1.29 is 9.47 Å². The van der Waals surface area contributed by atoms with Crippen molar-refractivity contribution in [1.29, 1.82) is 0 Å². The molecule has 4 aromatic rings. The summed E-state index contributed by atoms with van der Waals surface area (Å²) in [6.45, 7) is 1.45. The smallest absolute Gasteiger partial charge is 0.142 e. The van der Waals surface area contributed by atoms with E-state index in [1.807, 2.05) is 54.6 Å². The number of ether oxygens (including phenoxy) is 2. The lowest BCUT2D eigenvalue weighted by Gasteiger charge is -2.11. The number of hydrogen-bond acceptors (Lipinski definition) is 3. The molecule has 0 atom stereocenters. The summed E-state index contributed by atoms with van der Waals surface area (Å²) in [5, 5.41) is 1.21. The molecule has 4 rings (SSSR count). The van der Waals surface area contributed by atoms with Crippen molar-refractivity contribution in [3.8, 4) is 22.9 Å². The van der Waals surface area contributed by atoms with Gasteiger partial charge in [0.25, 0.3) is 0 Å². The summed E-state index contributed by atoms with van der Waals surface area (Å²) in [5.74, 6) is 2.46. The lowest BCUT2D eigenvalue weighted by atomic mass is 10.2. The topological polar surface area (TPSA) is 36.3 Å². The largest absolute Gasteiger partial charge is 0.497 e. The summed E-state index contributed by atoms with van der Waals surface area (Å²) in [6.07, 6.45) is 1.86. The van der Waals surface area contributed by atoms with E-state index in [-0.39, 0.29) is 0 Å². The number of hydrogen-bond donors (Lipinski definition) is 0. The van der Waals surface area contributed by atoms with Crippen LogP contribution in [0.15, 0.2) is 66.7 Å². The zero-order valence-electron chi connectivity index (χ0n) is 16.6. The molecule has 0 aliphatic rings. The number of aryl methyl sites for hydroxylation is 1. The fourth-order valence-electron chi connectivity index (χ4n) is 3.43. The van der Waals surface area contributed by atoms with Crippen molar-refractivity contribution >= 4 is 34.2 Å². The van der Waals surface area contributed by atoms with E-state index in [1.165, 1.54) is 0 Å². The van der Waals surface area contributed by atoms with Crippen molar-refractivity contribution in [3.05, 3.63) is 76.8 Å². The molecule has 0 fully saturated rings. The number of nitrogens with zero attached hydrogens (tertiary/aromatic N) is 2. The second-order valence-electron chi connectivity index (χ2n) is 6.93. The fraction of sp³-hybridized carbons (Fsp3) is 0.208. The van der Waals surface area contributed by atoms with Crippen molar-refractivity contribution in [1.82, 2.24) is 9.55 Å². The molecule has 0 saturated heterocycles. The Bertz CT molecular complexity index is 1160. The number of para-hydroxylation sites is 2. The average molecular weight is 441 g/mol. The Balaban J connectivity index is 1.48. The van der Waals surface area contributed by atoms with Crippen LogP contribution in [0.5, 0.6) is 11.5 Å². The number of unbranched alkanes of at least 4 members (excludes halogenated alkanes) is 1. The average Bonchev–Trinajstić information content (AvgIpc) is 3.12. The first-order chi connectivity index (χ1) is 14.7. The molecule has 6 heteroatoms. The first-order valence-corrected chi connectivity index (χ1v) is 10.6. The Hall–Kier alpha value is -2.69. The molecule has 1 heterocycles. The van der Waals surface area contributed by atoms with Crippen LogP contribution in [0.2, 0.25) is 10.0 Å². The van der Waals surface area contributed by atoms with Gasteiger partial charge in [0, 0.05) is 23.2 Å². The van der Waals surface area contributed by atoms with E-state index in [1.54, 1.807) is 13.2 Å². The molecule has 0 saturated carbocycles. The van der Waals surface area contributed by atoms with Gasteiger partial charge in [0.2, 0.25) is 0 Å². The zero-order chi connectivity index (χ0) is 20.9. The highest BCUT2D eigenvalue weighted by Gasteiger charge is 2.15. The summed E-state index contributed by atoms with van der Waals surface area (Å²) in [6, 6.07) is 21.3. The van der Waals surface area contributed by atoms with Crippen molar-refractivity contribution in [3.63, 3.8) is 0 Å². The lowest BCUT2D eigenvalue weighted by molar-refractivity contribution is 0.301. The number of fused-ring (bicyclic) bond motifs is 1. The second kappa shape index (κ2) is 9.41. The molecule has 0 unspecified atom stereocenters. The van der Waals surface area contributed by atoms with Crippen LogP contribution in [0.4, 0.5) is 0 Å². The third kappa shape index (κ3) is 4.55. The molecule has 0 N–H and O–H groups in total. The molecule has 0 amide bonds. The number of imidazole rings is 1. The minimum atomic E-state index is 0.598. The Morgan fingerprint density at radius 2 is 1.73 bits per heavy atom. The van der Waals surface area contributed by atoms with E-state index in [0.717, 1.165) is 53.3 Å². The van der Waals surface area contributed by atoms with Crippen molar-refractivity contribution in [2.75, 3.05) is 13.7 Å². The molecule has 0 bridgehead atoms. The maximum Gasteiger partial charge on any atom is 0.142 e. The highest BCUT2D eigenvalue weighted by Crippen LogP contribution is 2.32. The van der Waals surface area contributed by atoms with E-state index in [4.69, 9.17) is 37.7 Å². The van der Waals surface area contributed by atoms with E-state index in [0.29, 0.717) is 16.7 Å². The van der Waals surface area contributed by atoms with Crippen LogP contribution in [0, 0.1) is 0 Å². The third-order valence-corrected chi connectivity index (χ3v) is 5.46. The fourth-order valence-corrected chi connectivity index (χ4v) is 3.92. The van der Waals surface area contributed by atoms with E-state index < -0.39 is 0 Å². The Morgan fingerprint density at radius 3 is 2.57 bits per heavy atom. The van der Waals surface area contributed by atoms with Gasteiger partial charge in [-0.05, 0) is 55.3 Å². The molecular weight excluding hydrogens is 419 g/mol. The van der Waals surface area contributed by atoms with Gasteiger partial charge in [0.1, 0.15) is 17.3 Å². The minimum Gasteiger partial charge on any atom is -0.497 e. The Labute approximate surface area is 186 Å². The summed E-state index contributed by atoms with van der Waals surface area (Å²) in [7, 11) is 1.65. The minimum absolute atomic E-state index is 0.598. The van der Waals surface area contributed by atoms with Crippen LogP contribution in [0.25, 0.3) is 22.4 Å². The standard InChI is InChI=1S/C24H22Cl2N2O2/c1-29-18-7-6-8-19(16-18)30-14-5-4-13-28-23-10-3-2-9-22(23)27-24(28)20-12-11-17(25)15-21(20)26/h2-3,6-12,15-16H,4-5,13-14H2,1H3. The molecule has 0 aliphatic heterocycles. The molecule has 4 nitrogen and oxygen atoms in total. The summed E-state index contributed by atoms with van der Waals surface area (Å²) >= 11 is 12.5. The first kappa shape index (κ1) is 20.6. The lowest BCUT2D eigenvalue weighted by Crippen LogP contribution is -2.04. The van der Waals surface area contributed by atoms with Gasteiger partial charge < -0.3 is 14.0 Å². The maximum atomic E-state index is 6.47. The van der Waals surface area contributed by atoms with Gasteiger partial charge in [-0.15, -0.1) is 0 Å². The van der Waals surface area contributed by atoms with Crippen LogP contribution >= 0.6 is 23.2 Å². The number of methoxy groups -OCH3 is 1. The van der Waals surface area contributed by atoms with E-state index in [9.17, 15) is 0 Å². The number of aromatic nitrogens is 2. The van der Waals surface area contributed by atoms with Crippen LogP contribution in [-0.4, -0.2) is 23.3 Å².